The minimum Gasteiger partial charge on any atom is -0.388 e. The Morgan fingerprint density at radius 1 is 1.26 bits per heavy atom. The number of amides is 3. The van der Waals surface area contributed by atoms with Crippen molar-refractivity contribution in [2.24, 2.45) is 22.2 Å². The number of carbonyl (C=O) groups is 3. The number of anilines is 1. The van der Waals surface area contributed by atoms with E-state index in [1.54, 1.807) is 0 Å². The smallest absolute Gasteiger partial charge is 0.351 e. The average Bonchev–Trinajstić information content (AvgIpc) is 2.75. The highest BCUT2D eigenvalue weighted by Crippen LogP contribution is 2.27. The highest BCUT2D eigenvalue weighted by Gasteiger charge is 2.49. The SMILES string of the molecule is CNCC(=O)NC(CN=C(N)N)C(=O)NC1C(C(N)=O)OC(n2ccc(N)nc2=O)C(O)C1O. The van der Waals surface area contributed by atoms with E-state index in [0.717, 1.165) is 10.8 Å². The number of aromatic nitrogens is 2. The van der Waals surface area contributed by atoms with Gasteiger partial charge in [-0.1, -0.05) is 0 Å². The number of primary amides is 1. The molecule has 17 heteroatoms. The molecule has 188 valence electrons. The summed E-state index contributed by atoms with van der Waals surface area (Å²) in [6.07, 6.45) is -5.76. The third-order valence-corrected chi connectivity index (χ3v) is 4.78. The molecule has 0 aromatic carbocycles. The zero-order valence-corrected chi connectivity index (χ0v) is 18.1. The number of aliphatic imine (C=N–C) groups is 1. The van der Waals surface area contributed by atoms with Crippen LogP contribution in [0.5, 0.6) is 0 Å². The summed E-state index contributed by atoms with van der Waals surface area (Å²) < 4.78 is 6.27. The Labute approximate surface area is 192 Å². The van der Waals surface area contributed by atoms with Crippen LogP contribution in [0.1, 0.15) is 6.23 Å². The molecule has 0 saturated carbocycles. The van der Waals surface area contributed by atoms with E-state index in [1.165, 1.54) is 13.1 Å². The molecule has 0 spiro atoms. The number of ether oxygens (including phenoxy) is 1. The first kappa shape index (κ1) is 26.5. The molecule has 0 radical (unpaired) electrons. The number of nitrogens with zero attached hydrogens (tertiary/aromatic N) is 3. The number of aliphatic hydroxyl groups is 2. The van der Waals surface area contributed by atoms with Crippen molar-refractivity contribution < 1.29 is 29.3 Å². The van der Waals surface area contributed by atoms with Gasteiger partial charge in [0.2, 0.25) is 17.7 Å². The Bertz CT molecular complexity index is 995. The van der Waals surface area contributed by atoms with Crippen LogP contribution in [0.15, 0.2) is 22.1 Å². The lowest BCUT2D eigenvalue weighted by molar-refractivity contribution is -0.212. The van der Waals surface area contributed by atoms with Crippen molar-refractivity contribution in [3.05, 3.63) is 22.7 Å². The van der Waals surface area contributed by atoms with Gasteiger partial charge < -0.3 is 53.8 Å². The van der Waals surface area contributed by atoms with Gasteiger partial charge >= 0.3 is 5.69 Å². The Kier molecular flexibility index (Phi) is 8.84. The summed E-state index contributed by atoms with van der Waals surface area (Å²) in [7, 11) is 1.51. The van der Waals surface area contributed by atoms with Gasteiger partial charge in [-0.3, -0.25) is 23.9 Å². The van der Waals surface area contributed by atoms with E-state index in [4.69, 9.17) is 27.7 Å². The maximum absolute atomic E-state index is 12.9. The first-order valence-corrected chi connectivity index (χ1v) is 9.91. The van der Waals surface area contributed by atoms with Gasteiger partial charge in [0.1, 0.15) is 24.1 Å². The predicted molar refractivity (Wildman–Crippen MR) is 116 cm³/mol. The summed E-state index contributed by atoms with van der Waals surface area (Å²) in [6.45, 7) is -0.498. The van der Waals surface area contributed by atoms with E-state index >= 15 is 0 Å². The molecule has 1 fully saturated rings. The minimum atomic E-state index is -1.83. The monoisotopic (exact) mass is 484 g/mol. The fraction of sp³-hybridized carbons (Fsp3) is 0.529. The van der Waals surface area contributed by atoms with E-state index in [2.05, 4.69) is 25.9 Å². The fourth-order valence-electron chi connectivity index (χ4n) is 3.19. The molecule has 2 rings (SSSR count). The molecule has 3 amide bonds. The van der Waals surface area contributed by atoms with Crippen molar-refractivity contribution in [1.29, 1.82) is 0 Å². The number of rotatable bonds is 9. The summed E-state index contributed by atoms with van der Waals surface area (Å²) in [6, 6.07) is -1.64. The highest BCUT2D eigenvalue weighted by molar-refractivity contribution is 5.90. The van der Waals surface area contributed by atoms with E-state index < -0.39 is 60.0 Å². The molecule has 2 heterocycles. The number of likely N-dealkylation sites (N-methyl/N-ethyl adjacent to an activating group) is 1. The van der Waals surface area contributed by atoms with Gasteiger partial charge in [-0.15, -0.1) is 0 Å². The van der Waals surface area contributed by atoms with Gasteiger partial charge in [-0.25, -0.2) is 4.79 Å². The standard InChI is InChI=1S/C17H28N10O7/c1-22-5-8(28)24-6(4-23-16(20)21)14(32)26-9-10(29)11(30)15(34-12(9)13(19)31)27-3-2-7(18)25-17(27)33/h2-3,6,9-12,15,22,29-30H,4-5H2,1H3,(H2,19,31)(H,24,28)(H,26,32)(H2,18,25,33)(H4,20,21,23). The maximum atomic E-state index is 12.9. The van der Waals surface area contributed by atoms with Crippen molar-refractivity contribution in [2.75, 3.05) is 25.9 Å². The number of hydrogen-bond donors (Lipinski definition) is 9. The second-order valence-electron chi connectivity index (χ2n) is 7.32. The van der Waals surface area contributed by atoms with Crippen LogP contribution in [0.3, 0.4) is 0 Å². The van der Waals surface area contributed by atoms with Crippen molar-refractivity contribution in [3.8, 4) is 0 Å². The molecular formula is C17H28N10O7. The molecule has 0 bridgehead atoms. The Morgan fingerprint density at radius 3 is 2.50 bits per heavy atom. The molecular weight excluding hydrogens is 456 g/mol. The summed E-state index contributed by atoms with van der Waals surface area (Å²) in [5.74, 6) is -3.05. The van der Waals surface area contributed by atoms with Gasteiger partial charge in [-0.2, -0.15) is 4.98 Å². The van der Waals surface area contributed by atoms with Crippen LogP contribution in [0, 0.1) is 0 Å². The fourth-order valence-corrected chi connectivity index (χ4v) is 3.19. The zero-order valence-electron chi connectivity index (χ0n) is 18.1. The third kappa shape index (κ3) is 6.38. The van der Waals surface area contributed by atoms with Gasteiger partial charge in [0, 0.05) is 6.20 Å². The third-order valence-electron chi connectivity index (χ3n) is 4.78. The molecule has 1 aliphatic rings. The number of nitrogen functional groups attached to an aromatic ring is 1. The van der Waals surface area contributed by atoms with E-state index in [9.17, 15) is 29.4 Å². The van der Waals surface area contributed by atoms with Gasteiger partial charge in [-0.05, 0) is 13.1 Å². The molecule has 6 unspecified atom stereocenters. The second kappa shape index (κ2) is 11.4. The Hall–Kier alpha value is -3.80. The minimum absolute atomic E-state index is 0.101. The van der Waals surface area contributed by atoms with E-state index in [-0.39, 0.29) is 24.9 Å². The number of carbonyl (C=O) groups excluding carboxylic acids is 3. The van der Waals surface area contributed by atoms with Crippen LogP contribution >= 0.6 is 0 Å². The summed E-state index contributed by atoms with van der Waals surface area (Å²) >= 11 is 0. The van der Waals surface area contributed by atoms with Crippen molar-refractivity contribution in [2.45, 2.75) is 36.6 Å². The lowest BCUT2D eigenvalue weighted by Gasteiger charge is -2.42. The van der Waals surface area contributed by atoms with Crippen LogP contribution in [0.4, 0.5) is 5.82 Å². The lowest BCUT2D eigenvalue weighted by Crippen LogP contribution is -2.67. The Morgan fingerprint density at radius 2 is 1.94 bits per heavy atom. The van der Waals surface area contributed by atoms with Gasteiger partial charge in [0.05, 0.1) is 19.1 Å². The number of nitrogens with two attached hydrogens (primary N) is 4. The highest BCUT2D eigenvalue weighted by atomic mass is 16.5. The summed E-state index contributed by atoms with van der Waals surface area (Å²) in [5, 5.41) is 28.5. The summed E-state index contributed by atoms with van der Waals surface area (Å²) in [5.41, 5.74) is 20.5. The predicted octanol–water partition coefficient (Wildman–Crippen LogP) is -6.61. The molecule has 1 aromatic rings. The topological polar surface area (TPSA) is 288 Å². The quantitative estimate of drug-likeness (QED) is 0.117. The van der Waals surface area contributed by atoms with Crippen LogP contribution in [0.2, 0.25) is 0 Å². The van der Waals surface area contributed by atoms with Crippen LogP contribution in [-0.2, 0) is 19.1 Å². The molecule has 0 aliphatic carbocycles. The van der Waals surface area contributed by atoms with Crippen LogP contribution in [-0.4, -0.2) is 94.0 Å². The van der Waals surface area contributed by atoms with Crippen molar-refractivity contribution in [3.63, 3.8) is 0 Å². The first-order valence-electron chi connectivity index (χ1n) is 9.91. The number of hydrogen-bond acceptors (Lipinski definition) is 11. The number of nitrogens with one attached hydrogen (secondary N) is 3. The van der Waals surface area contributed by atoms with Crippen molar-refractivity contribution >= 4 is 29.5 Å². The molecule has 17 nitrogen and oxygen atoms in total. The average molecular weight is 484 g/mol. The maximum Gasteiger partial charge on any atom is 0.351 e. The summed E-state index contributed by atoms with van der Waals surface area (Å²) in [4.78, 5) is 56.2. The molecule has 1 aromatic heterocycles. The molecule has 1 aliphatic heterocycles. The normalized spacial score (nSPS) is 25.1. The van der Waals surface area contributed by atoms with Gasteiger partial charge in [0.15, 0.2) is 18.3 Å². The Balaban J connectivity index is 2.29. The van der Waals surface area contributed by atoms with E-state index in [1.807, 2.05) is 0 Å². The zero-order chi connectivity index (χ0) is 25.6. The number of guanidine groups is 1. The molecule has 1 saturated heterocycles. The molecule has 13 N–H and O–H groups in total. The van der Waals surface area contributed by atoms with E-state index in [0.29, 0.717) is 0 Å². The number of aliphatic hydroxyl groups excluding tert-OH is 2. The lowest BCUT2D eigenvalue weighted by atomic mass is 9.94. The van der Waals surface area contributed by atoms with Crippen LogP contribution < -0.4 is 44.6 Å². The van der Waals surface area contributed by atoms with Gasteiger partial charge in [0.25, 0.3) is 0 Å². The van der Waals surface area contributed by atoms with Crippen molar-refractivity contribution in [1.82, 2.24) is 25.5 Å². The van der Waals surface area contributed by atoms with Crippen LogP contribution in [0.25, 0.3) is 0 Å². The first-order chi connectivity index (χ1) is 16.0. The second-order valence-corrected chi connectivity index (χ2v) is 7.32. The molecule has 6 atom stereocenters. The largest absolute Gasteiger partial charge is 0.388 e. The molecule has 34 heavy (non-hydrogen) atoms.